The number of hydrogen-bond donors (Lipinski definition) is 2. The van der Waals surface area contributed by atoms with Gasteiger partial charge in [-0.25, -0.2) is 0 Å². The number of amides is 1. The first-order valence-corrected chi connectivity index (χ1v) is 7.18. The van der Waals surface area contributed by atoms with Crippen LogP contribution in [0.4, 0.5) is 0 Å². The second-order valence-corrected chi connectivity index (χ2v) is 5.40. The zero-order valence-electron chi connectivity index (χ0n) is 10.4. The number of thiophene rings is 1. The van der Waals surface area contributed by atoms with Crippen LogP contribution in [0.2, 0.25) is 5.02 Å². The molecule has 2 aromatic rings. The van der Waals surface area contributed by atoms with E-state index in [0.717, 1.165) is 0 Å². The summed E-state index contributed by atoms with van der Waals surface area (Å²) in [5, 5.41) is 15.8. The molecule has 104 valence electrons. The molecule has 4 nitrogen and oxygen atoms in total. The van der Waals surface area contributed by atoms with Gasteiger partial charge in [0.15, 0.2) is 0 Å². The SMILES string of the molecule is O=C(O)C[C@H](NC(=O)c1ccsc1)c1ccc(Cl)cc1. The Bertz CT molecular complexity index is 595. The molecule has 0 spiro atoms. The van der Waals surface area contributed by atoms with Crippen molar-refractivity contribution in [2.45, 2.75) is 12.5 Å². The van der Waals surface area contributed by atoms with Crippen LogP contribution < -0.4 is 5.32 Å². The van der Waals surface area contributed by atoms with Gasteiger partial charge in [0.05, 0.1) is 18.0 Å². The van der Waals surface area contributed by atoms with Crippen LogP contribution in [0.1, 0.15) is 28.4 Å². The van der Waals surface area contributed by atoms with E-state index in [1.54, 1.807) is 41.1 Å². The molecule has 2 N–H and O–H groups in total. The standard InChI is InChI=1S/C14H12ClNO3S/c15-11-3-1-9(2-4-11)12(7-13(17)18)16-14(19)10-5-6-20-8-10/h1-6,8,12H,7H2,(H,16,19)(H,17,18)/t12-/m0/s1. The average molecular weight is 310 g/mol. The highest BCUT2D eigenvalue weighted by molar-refractivity contribution is 7.08. The predicted octanol–water partition coefficient (Wildman–Crippen LogP) is 3.35. The van der Waals surface area contributed by atoms with E-state index in [0.29, 0.717) is 16.1 Å². The third-order valence-electron chi connectivity index (χ3n) is 2.74. The summed E-state index contributed by atoms with van der Waals surface area (Å²) < 4.78 is 0. The van der Waals surface area contributed by atoms with Crippen LogP contribution in [0.5, 0.6) is 0 Å². The Balaban J connectivity index is 2.17. The summed E-state index contributed by atoms with van der Waals surface area (Å²) >= 11 is 7.22. The molecule has 0 aliphatic rings. The monoisotopic (exact) mass is 309 g/mol. The molecule has 0 saturated carbocycles. The van der Waals surface area contributed by atoms with Gasteiger partial charge in [0, 0.05) is 10.4 Å². The van der Waals surface area contributed by atoms with E-state index in [9.17, 15) is 9.59 Å². The highest BCUT2D eigenvalue weighted by Crippen LogP contribution is 2.20. The number of nitrogens with one attached hydrogen (secondary N) is 1. The predicted molar refractivity (Wildman–Crippen MR) is 78.2 cm³/mol. The van der Waals surface area contributed by atoms with Crippen LogP contribution in [-0.2, 0) is 4.79 Å². The van der Waals surface area contributed by atoms with Crippen molar-refractivity contribution in [3.05, 3.63) is 57.2 Å². The van der Waals surface area contributed by atoms with Crippen LogP contribution in [-0.4, -0.2) is 17.0 Å². The number of aliphatic carboxylic acids is 1. The zero-order chi connectivity index (χ0) is 14.5. The third kappa shape index (κ3) is 3.82. The van der Waals surface area contributed by atoms with Gasteiger partial charge in [0.2, 0.25) is 0 Å². The minimum atomic E-state index is -0.976. The highest BCUT2D eigenvalue weighted by atomic mass is 35.5. The minimum Gasteiger partial charge on any atom is -0.481 e. The largest absolute Gasteiger partial charge is 0.481 e. The summed E-state index contributed by atoms with van der Waals surface area (Å²) in [6.45, 7) is 0. The van der Waals surface area contributed by atoms with Gasteiger partial charge in [-0.3, -0.25) is 9.59 Å². The molecule has 20 heavy (non-hydrogen) atoms. The van der Waals surface area contributed by atoms with Gasteiger partial charge in [-0.15, -0.1) is 0 Å². The molecule has 0 aliphatic carbocycles. The van der Waals surface area contributed by atoms with E-state index >= 15 is 0 Å². The lowest BCUT2D eigenvalue weighted by Gasteiger charge is -2.17. The highest BCUT2D eigenvalue weighted by Gasteiger charge is 2.19. The van der Waals surface area contributed by atoms with Crippen molar-refractivity contribution in [2.75, 3.05) is 0 Å². The van der Waals surface area contributed by atoms with E-state index < -0.39 is 12.0 Å². The molecule has 2 rings (SSSR count). The molecule has 1 amide bonds. The number of hydrogen-bond acceptors (Lipinski definition) is 3. The molecule has 0 fully saturated rings. The lowest BCUT2D eigenvalue weighted by atomic mass is 10.0. The number of benzene rings is 1. The number of halogens is 1. The first kappa shape index (κ1) is 14.6. The van der Waals surface area contributed by atoms with Crippen molar-refractivity contribution in [2.24, 2.45) is 0 Å². The first-order valence-electron chi connectivity index (χ1n) is 5.86. The Morgan fingerprint density at radius 3 is 2.50 bits per heavy atom. The summed E-state index contributed by atoms with van der Waals surface area (Å²) in [5.41, 5.74) is 1.24. The van der Waals surface area contributed by atoms with Crippen molar-refractivity contribution >= 4 is 34.8 Å². The topological polar surface area (TPSA) is 66.4 Å². The number of carbonyl (C=O) groups is 2. The fourth-order valence-electron chi connectivity index (χ4n) is 1.76. The molecular weight excluding hydrogens is 298 g/mol. The molecule has 0 unspecified atom stereocenters. The van der Waals surface area contributed by atoms with E-state index in [1.165, 1.54) is 11.3 Å². The summed E-state index contributed by atoms with van der Waals surface area (Å²) in [4.78, 5) is 23.0. The maximum absolute atomic E-state index is 12.0. The van der Waals surface area contributed by atoms with Gasteiger partial charge in [0.25, 0.3) is 5.91 Å². The zero-order valence-corrected chi connectivity index (χ0v) is 11.9. The van der Waals surface area contributed by atoms with Gasteiger partial charge >= 0.3 is 5.97 Å². The second-order valence-electron chi connectivity index (χ2n) is 4.19. The molecule has 0 aliphatic heterocycles. The molecule has 1 aromatic heterocycles. The summed E-state index contributed by atoms with van der Waals surface area (Å²) in [6, 6.07) is 7.87. The fraction of sp³-hybridized carbons (Fsp3) is 0.143. The molecule has 1 heterocycles. The van der Waals surface area contributed by atoms with Crippen LogP contribution >= 0.6 is 22.9 Å². The molecule has 0 bridgehead atoms. The van der Waals surface area contributed by atoms with Gasteiger partial charge in [0.1, 0.15) is 0 Å². The van der Waals surface area contributed by atoms with Crippen molar-refractivity contribution in [3.8, 4) is 0 Å². The third-order valence-corrected chi connectivity index (χ3v) is 3.68. The average Bonchev–Trinajstić information content (AvgIpc) is 2.92. The molecule has 0 radical (unpaired) electrons. The minimum absolute atomic E-state index is 0.183. The van der Waals surface area contributed by atoms with Gasteiger partial charge in [-0.05, 0) is 29.1 Å². The normalized spacial score (nSPS) is 11.8. The maximum atomic E-state index is 12.0. The number of carboxylic acid groups (broad SMARTS) is 1. The second kappa shape index (κ2) is 6.54. The Kier molecular flexibility index (Phi) is 4.76. The quantitative estimate of drug-likeness (QED) is 0.890. The number of carboxylic acids is 1. The van der Waals surface area contributed by atoms with E-state index in [1.807, 2.05) is 0 Å². The Morgan fingerprint density at radius 2 is 1.95 bits per heavy atom. The summed E-state index contributed by atoms with van der Waals surface area (Å²) in [5.74, 6) is -1.26. The summed E-state index contributed by atoms with van der Waals surface area (Å²) in [7, 11) is 0. The van der Waals surface area contributed by atoms with E-state index in [-0.39, 0.29) is 12.3 Å². The van der Waals surface area contributed by atoms with Crippen molar-refractivity contribution in [1.82, 2.24) is 5.32 Å². The molecule has 1 atom stereocenters. The molecular formula is C14H12ClNO3S. The summed E-state index contributed by atoms with van der Waals surface area (Å²) in [6.07, 6.45) is -0.183. The molecule has 6 heteroatoms. The van der Waals surface area contributed by atoms with E-state index in [2.05, 4.69) is 5.32 Å². The van der Waals surface area contributed by atoms with Crippen LogP contribution in [0, 0.1) is 0 Å². The Hall–Kier alpha value is -1.85. The van der Waals surface area contributed by atoms with Gasteiger partial charge < -0.3 is 10.4 Å². The van der Waals surface area contributed by atoms with Crippen molar-refractivity contribution in [1.29, 1.82) is 0 Å². The first-order chi connectivity index (χ1) is 9.56. The van der Waals surface area contributed by atoms with Gasteiger partial charge in [-0.2, -0.15) is 11.3 Å². The lowest BCUT2D eigenvalue weighted by molar-refractivity contribution is -0.137. The van der Waals surface area contributed by atoms with Crippen LogP contribution in [0.25, 0.3) is 0 Å². The van der Waals surface area contributed by atoms with E-state index in [4.69, 9.17) is 16.7 Å². The molecule has 1 aromatic carbocycles. The number of rotatable bonds is 5. The van der Waals surface area contributed by atoms with Crippen molar-refractivity contribution in [3.63, 3.8) is 0 Å². The lowest BCUT2D eigenvalue weighted by Crippen LogP contribution is -2.29. The van der Waals surface area contributed by atoms with Crippen LogP contribution in [0.15, 0.2) is 41.1 Å². The van der Waals surface area contributed by atoms with Crippen LogP contribution in [0.3, 0.4) is 0 Å². The van der Waals surface area contributed by atoms with Gasteiger partial charge in [-0.1, -0.05) is 23.7 Å². The number of carbonyl (C=O) groups excluding carboxylic acids is 1. The Labute approximate surface area is 125 Å². The Morgan fingerprint density at radius 1 is 1.25 bits per heavy atom. The fourth-order valence-corrected chi connectivity index (χ4v) is 2.52. The smallest absolute Gasteiger partial charge is 0.305 e. The van der Waals surface area contributed by atoms with Crippen molar-refractivity contribution < 1.29 is 14.7 Å². The molecule has 0 saturated heterocycles. The maximum Gasteiger partial charge on any atom is 0.305 e.